The summed E-state index contributed by atoms with van der Waals surface area (Å²) in [6.45, 7) is 3.96. The number of hydrogen-bond donors (Lipinski definition) is 1. The molecule has 0 saturated carbocycles. The highest BCUT2D eigenvalue weighted by molar-refractivity contribution is 5.95. The predicted molar refractivity (Wildman–Crippen MR) is 95.6 cm³/mol. The summed E-state index contributed by atoms with van der Waals surface area (Å²) >= 11 is 0. The maximum Gasteiger partial charge on any atom is 0.336 e. The minimum Gasteiger partial charge on any atom is -0.457 e. The van der Waals surface area contributed by atoms with Crippen LogP contribution in [0, 0.1) is 6.92 Å². The van der Waals surface area contributed by atoms with E-state index in [1.165, 1.54) is 0 Å². The molecule has 0 aliphatic carbocycles. The highest BCUT2D eigenvalue weighted by atomic mass is 16.5. The first-order valence-corrected chi connectivity index (χ1v) is 8.33. The fraction of sp³-hybridized carbons (Fsp3) is 0.238. The molecule has 1 heterocycles. The SMILES string of the molecule is CC1=C(C(=O)OCc2ccccc2)C(c2cccc(C)c2)CC(=O)N1. The summed E-state index contributed by atoms with van der Waals surface area (Å²) < 4.78 is 5.51. The van der Waals surface area contributed by atoms with E-state index in [0.29, 0.717) is 11.3 Å². The predicted octanol–water partition coefficient (Wildman–Crippen LogP) is 3.62. The Morgan fingerprint density at radius 2 is 1.88 bits per heavy atom. The Bertz CT molecular complexity index is 824. The minimum atomic E-state index is -0.382. The maximum atomic E-state index is 12.7. The van der Waals surface area contributed by atoms with Gasteiger partial charge in [-0.25, -0.2) is 4.79 Å². The fourth-order valence-corrected chi connectivity index (χ4v) is 3.14. The number of benzene rings is 2. The molecule has 0 spiro atoms. The molecule has 0 fully saturated rings. The summed E-state index contributed by atoms with van der Waals surface area (Å²) in [5.74, 6) is -0.742. The van der Waals surface area contributed by atoms with Gasteiger partial charge < -0.3 is 10.1 Å². The highest BCUT2D eigenvalue weighted by Gasteiger charge is 2.32. The summed E-state index contributed by atoms with van der Waals surface area (Å²) in [5, 5.41) is 2.76. The summed E-state index contributed by atoms with van der Waals surface area (Å²) in [6, 6.07) is 17.5. The molecule has 1 unspecified atom stereocenters. The Hall–Kier alpha value is -2.88. The molecule has 1 amide bonds. The molecule has 0 radical (unpaired) electrons. The number of hydrogen-bond acceptors (Lipinski definition) is 3. The lowest BCUT2D eigenvalue weighted by molar-refractivity contribution is -0.141. The van der Waals surface area contributed by atoms with Gasteiger partial charge in [0.15, 0.2) is 0 Å². The molecule has 3 rings (SSSR count). The molecule has 0 aromatic heterocycles. The average molecular weight is 335 g/mol. The molecule has 4 nitrogen and oxygen atoms in total. The van der Waals surface area contributed by atoms with Gasteiger partial charge in [0.2, 0.25) is 5.91 Å². The number of amides is 1. The molecule has 1 N–H and O–H groups in total. The molecule has 1 aliphatic heterocycles. The van der Waals surface area contributed by atoms with Gasteiger partial charge in [0.1, 0.15) is 6.61 Å². The molecule has 2 aromatic carbocycles. The smallest absolute Gasteiger partial charge is 0.336 e. The number of esters is 1. The molecule has 128 valence electrons. The molecule has 1 aliphatic rings. The van der Waals surface area contributed by atoms with E-state index >= 15 is 0 Å². The van der Waals surface area contributed by atoms with Gasteiger partial charge in [-0.05, 0) is 25.0 Å². The maximum absolute atomic E-state index is 12.7. The van der Waals surface area contributed by atoms with Crippen LogP contribution >= 0.6 is 0 Å². The largest absolute Gasteiger partial charge is 0.457 e. The third kappa shape index (κ3) is 3.97. The second-order valence-electron chi connectivity index (χ2n) is 6.32. The van der Waals surface area contributed by atoms with Gasteiger partial charge in [-0.1, -0.05) is 60.2 Å². The zero-order valence-electron chi connectivity index (χ0n) is 14.4. The number of nitrogens with one attached hydrogen (secondary N) is 1. The third-order valence-corrected chi connectivity index (χ3v) is 4.35. The van der Waals surface area contributed by atoms with Gasteiger partial charge in [-0.2, -0.15) is 0 Å². The van der Waals surface area contributed by atoms with E-state index in [0.717, 1.165) is 16.7 Å². The number of carbonyl (C=O) groups excluding carboxylic acids is 2. The molecule has 0 saturated heterocycles. The van der Waals surface area contributed by atoms with Crippen LogP contribution in [0.25, 0.3) is 0 Å². The number of aryl methyl sites for hydroxylation is 1. The monoisotopic (exact) mass is 335 g/mol. The number of ether oxygens (including phenoxy) is 1. The number of carbonyl (C=O) groups is 2. The van der Waals surface area contributed by atoms with E-state index in [4.69, 9.17) is 4.74 Å². The second-order valence-corrected chi connectivity index (χ2v) is 6.32. The topological polar surface area (TPSA) is 55.4 Å². The van der Waals surface area contributed by atoms with Crippen molar-refractivity contribution in [3.63, 3.8) is 0 Å². The molecule has 1 atom stereocenters. The Kier molecular flexibility index (Phi) is 4.98. The molecular weight excluding hydrogens is 314 g/mol. The lowest BCUT2D eigenvalue weighted by atomic mass is 9.84. The molecule has 0 bridgehead atoms. The lowest BCUT2D eigenvalue weighted by Gasteiger charge is -2.26. The quantitative estimate of drug-likeness (QED) is 0.868. The lowest BCUT2D eigenvalue weighted by Crippen LogP contribution is -2.34. The van der Waals surface area contributed by atoms with Crippen LogP contribution in [0.1, 0.15) is 36.0 Å². The first-order valence-electron chi connectivity index (χ1n) is 8.33. The van der Waals surface area contributed by atoms with Crippen LogP contribution in [-0.4, -0.2) is 11.9 Å². The van der Waals surface area contributed by atoms with Crippen LogP contribution in [0.5, 0.6) is 0 Å². The van der Waals surface area contributed by atoms with Gasteiger partial charge >= 0.3 is 5.97 Å². The van der Waals surface area contributed by atoms with E-state index in [-0.39, 0.29) is 30.8 Å². The van der Waals surface area contributed by atoms with Crippen LogP contribution < -0.4 is 5.32 Å². The van der Waals surface area contributed by atoms with Gasteiger partial charge in [0.05, 0.1) is 5.57 Å². The summed E-state index contributed by atoms with van der Waals surface area (Å²) in [6.07, 6.45) is 0.247. The van der Waals surface area contributed by atoms with Crippen LogP contribution in [0.3, 0.4) is 0 Å². The Labute approximate surface area is 147 Å². The van der Waals surface area contributed by atoms with Gasteiger partial charge in [0, 0.05) is 18.0 Å². The molecule has 25 heavy (non-hydrogen) atoms. The van der Waals surface area contributed by atoms with Gasteiger partial charge in [-0.15, -0.1) is 0 Å². The molecule has 2 aromatic rings. The van der Waals surface area contributed by atoms with Crippen molar-refractivity contribution in [3.8, 4) is 0 Å². The Morgan fingerprint density at radius 3 is 2.60 bits per heavy atom. The van der Waals surface area contributed by atoms with E-state index < -0.39 is 0 Å². The van der Waals surface area contributed by atoms with Crippen LogP contribution in [0.15, 0.2) is 65.9 Å². The van der Waals surface area contributed by atoms with E-state index in [1.54, 1.807) is 6.92 Å². The van der Waals surface area contributed by atoms with E-state index in [1.807, 2.05) is 61.5 Å². The summed E-state index contributed by atoms with van der Waals surface area (Å²) in [4.78, 5) is 24.7. The van der Waals surface area contributed by atoms with Gasteiger partial charge in [0.25, 0.3) is 0 Å². The second kappa shape index (κ2) is 7.34. The van der Waals surface area contributed by atoms with Crippen molar-refractivity contribution in [2.75, 3.05) is 0 Å². The zero-order valence-corrected chi connectivity index (χ0v) is 14.4. The van der Waals surface area contributed by atoms with Crippen LogP contribution in [0.4, 0.5) is 0 Å². The standard InChI is InChI=1S/C21H21NO3/c1-14-7-6-10-17(11-14)18-12-19(23)22-15(2)20(18)21(24)25-13-16-8-4-3-5-9-16/h3-11,18H,12-13H2,1-2H3,(H,22,23). The normalized spacial score (nSPS) is 17.2. The van der Waals surface area contributed by atoms with Crippen molar-refractivity contribution < 1.29 is 14.3 Å². The van der Waals surface area contributed by atoms with Crippen molar-refractivity contribution in [2.45, 2.75) is 32.8 Å². The third-order valence-electron chi connectivity index (χ3n) is 4.35. The zero-order chi connectivity index (χ0) is 17.8. The summed E-state index contributed by atoms with van der Waals surface area (Å²) in [5.41, 5.74) is 4.09. The van der Waals surface area contributed by atoms with Crippen molar-refractivity contribution >= 4 is 11.9 Å². The number of allylic oxidation sites excluding steroid dienone is 1. The van der Waals surface area contributed by atoms with E-state index in [2.05, 4.69) is 5.32 Å². The van der Waals surface area contributed by atoms with Crippen molar-refractivity contribution in [1.82, 2.24) is 5.32 Å². The van der Waals surface area contributed by atoms with Crippen molar-refractivity contribution in [1.29, 1.82) is 0 Å². The average Bonchev–Trinajstić information content (AvgIpc) is 2.60. The van der Waals surface area contributed by atoms with Gasteiger partial charge in [-0.3, -0.25) is 4.79 Å². The van der Waals surface area contributed by atoms with E-state index in [9.17, 15) is 9.59 Å². The van der Waals surface area contributed by atoms with Crippen LogP contribution in [0.2, 0.25) is 0 Å². The number of rotatable bonds is 4. The first kappa shape index (κ1) is 17.0. The molecular formula is C21H21NO3. The Balaban J connectivity index is 1.85. The first-order chi connectivity index (χ1) is 12.0. The Morgan fingerprint density at radius 1 is 1.12 bits per heavy atom. The molecule has 4 heteroatoms. The highest BCUT2D eigenvalue weighted by Crippen LogP contribution is 2.34. The van der Waals surface area contributed by atoms with Crippen LogP contribution in [-0.2, 0) is 20.9 Å². The van der Waals surface area contributed by atoms with Crippen molar-refractivity contribution in [3.05, 3.63) is 82.6 Å². The minimum absolute atomic E-state index is 0.0800. The van der Waals surface area contributed by atoms with Crippen molar-refractivity contribution in [2.24, 2.45) is 0 Å². The fourth-order valence-electron chi connectivity index (χ4n) is 3.14. The summed E-state index contributed by atoms with van der Waals surface area (Å²) in [7, 11) is 0.